The fourth-order valence-corrected chi connectivity index (χ4v) is 3.99. The average molecular weight is 467 g/mol. The number of fused-ring (bicyclic) bond motifs is 1. The van der Waals surface area contributed by atoms with Crippen molar-refractivity contribution in [2.75, 3.05) is 24.8 Å². The molecule has 1 unspecified atom stereocenters. The first kappa shape index (κ1) is 20.7. The minimum Gasteiger partial charge on any atom is -0.493 e. The molecule has 0 saturated heterocycles. The minimum atomic E-state index is -0.508. The van der Waals surface area contributed by atoms with Gasteiger partial charge >= 0.3 is 5.97 Å². The summed E-state index contributed by atoms with van der Waals surface area (Å²) in [5.74, 6) is 1.73. The zero-order valence-electron chi connectivity index (χ0n) is 16.3. The van der Waals surface area contributed by atoms with Crippen molar-refractivity contribution in [2.24, 2.45) is 0 Å². The molecule has 1 aliphatic heterocycles. The van der Waals surface area contributed by atoms with Gasteiger partial charge in [0, 0.05) is 15.7 Å². The number of carbonyl (C=O) groups excluding carboxylic acids is 1. The van der Waals surface area contributed by atoms with E-state index in [1.165, 1.54) is 7.11 Å². The van der Waals surface area contributed by atoms with Crippen molar-refractivity contribution < 1.29 is 14.3 Å². The van der Waals surface area contributed by atoms with E-state index in [4.69, 9.17) is 9.47 Å². The fourth-order valence-electron chi connectivity index (χ4n) is 3.06. The Morgan fingerprint density at radius 1 is 1.39 bits per heavy atom. The van der Waals surface area contributed by atoms with E-state index in [9.17, 15) is 4.79 Å². The van der Waals surface area contributed by atoms with Crippen LogP contribution >= 0.6 is 27.7 Å². The maximum Gasteiger partial charge on any atom is 0.338 e. The summed E-state index contributed by atoms with van der Waals surface area (Å²) in [6.07, 6.45) is 0.881. The molecule has 0 amide bonds. The average Bonchev–Trinajstić information content (AvgIpc) is 3.07. The first-order chi connectivity index (χ1) is 13.5. The topological polar surface area (TPSA) is 78.3 Å². The van der Waals surface area contributed by atoms with E-state index in [0.717, 1.165) is 22.2 Å². The number of thioether (sulfide) groups is 1. The second-order valence-electron chi connectivity index (χ2n) is 6.18. The predicted octanol–water partition coefficient (Wildman–Crippen LogP) is 4.40. The Morgan fingerprint density at radius 3 is 2.86 bits per heavy atom. The number of methoxy groups -OCH3 is 1. The normalized spacial score (nSPS) is 15.8. The van der Waals surface area contributed by atoms with Gasteiger partial charge in [0.2, 0.25) is 11.1 Å². The maximum atomic E-state index is 12.7. The van der Waals surface area contributed by atoms with E-state index in [1.807, 2.05) is 32.0 Å². The van der Waals surface area contributed by atoms with Gasteiger partial charge in [-0.3, -0.25) is 0 Å². The molecule has 7 nitrogen and oxygen atoms in total. The lowest BCUT2D eigenvalue weighted by Crippen LogP contribution is -2.29. The molecule has 150 valence electrons. The number of anilines is 1. The third-order valence-electron chi connectivity index (χ3n) is 4.24. The highest BCUT2D eigenvalue weighted by Gasteiger charge is 2.36. The van der Waals surface area contributed by atoms with E-state index in [0.29, 0.717) is 34.7 Å². The number of hydrogen-bond donors (Lipinski definition) is 1. The summed E-state index contributed by atoms with van der Waals surface area (Å²) in [4.78, 5) is 17.2. The number of carbonyl (C=O) groups is 1. The molecule has 0 bridgehead atoms. The number of esters is 1. The summed E-state index contributed by atoms with van der Waals surface area (Å²) in [6.45, 7) is 6.52. The maximum absolute atomic E-state index is 12.7. The summed E-state index contributed by atoms with van der Waals surface area (Å²) >= 11 is 5.08. The van der Waals surface area contributed by atoms with Crippen molar-refractivity contribution in [1.82, 2.24) is 14.8 Å². The molecule has 0 spiro atoms. The molecule has 1 aromatic heterocycles. The van der Waals surface area contributed by atoms with Crippen molar-refractivity contribution >= 4 is 39.6 Å². The number of halogens is 1. The quantitative estimate of drug-likeness (QED) is 0.478. The van der Waals surface area contributed by atoms with Gasteiger partial charge in [0.25, 0.3) is 0 Å². The van der Waals surface area contributed by atoms with Gasteiger partial charge in [0.1, 0.15) is 11.8 Å². The van der Waals surface area contributed by atoms with Gasteiger partial charge in [-0.25, -0.2) is 9.48 Å². The van der Waals surface area contributed by atoms with Gasteiger partial charge in [-0.15, -0.1) is 5.10 Å². The summed E-state index contributed by atoms with van der Waals surface area (Å²) in [6, 6.07) is 5.27. The smallest absolute Gasteiger partial charge is 0.338 e. The van der Waals surface area contributed by atoms with E-state index >= 15 is 0 Å². The molecule has 1 atom stereocenters. The Hall–Kier alpha value is -2.00. The summed E-state index contributed by atoms with van der Waals surface area (Å²) in [5, 5.41) is 8.48. The Balaban J connectivity index is 2.20. The van der Waals surface area contributed by atoms with Gasteiger partial charge in [0.05, 0.1) is 19.3 Å². The zero-order chi connectivity index (χ0) is 20.3. The number of benzene rings is 1. The molecule has 3 rings (SSSR count). The molecular formula is C19H23BrN4O3S. The molecule has 2 heterocycles. The second-order valence-corrected chi connectivity index (χ2v) is 8.33. The Kier molecular flexibility index (Phi) is 6.66. The molecule has 0 fully saturated rings. The third-order valence-corrected chi connectivity index (χ3v) is 5.45. The van der Waals surface area contributed by atoms with E-state index in [1.54, 1.807) is 16.4 Å². The highest BCUT2D eigenvalue weighted by atomic mass is 79.9. The van der Waals surface area contributed by atoms with Crippen LogP contribution in [-0.2, 0) is 9.53 Å². The predicted molar refractivity (Wildman–Crippen MR) is 113 cm³/mol. The Morgan fingerprint density at radius 2 is 2.18 bits per heavy atom. The molecule has 0 aliphatic carbocycles. The second kappa shape index (κ2) is 9.00. The molecule has 0 saturated carbocycles. The minimum absolute atomic E-state index is 0.415. The highest BCUT2D eigenvalue weighted by Crippen LogP contribution is 2.41. The van der Waals surface area contributed by atoms with Crippen LogP contribution in [0.3, 0.4) is 0 Å². The van der Waals surface area contributed by atoms with Gasteiger partial charge in [-0.1, -0.05) is 41.5 Å². The van der Waals surface area contributed by atoms with Gasteiger partial charge < -0.3 is 14.8 Å². The lowest BCUT2D eigenvalue weighted by Gasteiger charge is -2.29. The standard InChI is InChI=1S/C19H23BrN4O3S/c1-5-9-27-14-8-7-12(20)10-13(14)16-15(17(25)26-4)11(3)21-18-22-19(28-6-2)23-24(16)18/h7-8,10,16H,5-6,9H2,1-4H3,(H,21,22,23). The monoisotopic (exact) mass is 466 g/mol. The Labute approximate surface area is 177 Å². The lowest BCUT2D eigenvalue weighted by atomic mass is 9.95. The van der Waals surface area contributed by atoms with Crippen molar-refractivity contribution in [2.45, 2.75) is 38.4 Å². The summed E-state index contributed by atoms with van der Waals surface area (Å²) < 4.78 is 13.7. The largest absolute Gasteiger partial charge is 0.493 e. The molecule has 1 aromatic carbocycles. The van der Waals surface area contributed by atoms with Crippen LogP contribution in [0.5, 0.6) is 5.75 Å². The highest BCUT2D eigenvalue weighted by molar-refractivity contribution is 9.10. The van der Waals surface area contributed by atoms with Crippen LogP contribution in [0, 0.1) is 0 Å². The van der Waals surface area contributed by atoms with Crippen molar-refractivity contribution in [3.05, 3.63) is 39.5 Å². The van der Waals surface area contributed by atoms with Crippen LogP contribution in [-0.4, -0.2) is 40.2 Å². The van der Waals surface area contributed by atoms with Crippen LogP contribution in [0.4, 0.5) is 5.95 Å². The van der Waals surface area contributed by atoms with E-state index in [2.05, 4.69) is 38.3 Å². The Bertz CT molecular complexity index is 913. The molecule has 2 aromatic rings. The molecule has 1 aliphatic rings. The van der Waals surface area contributed by atoms with E-state index in [-0.39, 0.29) is 0 Å². The van der Waals surface area contributed by atoms with Crippen molar-refractivity contribution in [3.8, 4) is 5.75 Å². The first-order valence-corrected chi connectivity index (χ1v) is 10.9. The number of allylic oxidation sites excluding steroid dienone is 1. The summed E-state index contributed by atoms with van der Waals surface area (Å²) in [7, 11) is 1.38. The fraction of sp³-hybridized carbons (Fsp3) is 0.421. The third kappa shape index (κ3) is 4.05. The van der Waals surface area contributed by atoms with Crippen molar-refractivity contribution in [3.63, 3.8) is 0 Å². The number of rotatable bonds is 7. The number of aromatic nitrogens is 3. The molecule has 1 N–H and O–H groups in total. The van der Waals surface area contributed by atoms with E-state index < -0.39 is 12.0 Å². The van der Waals surface area contributed by atoms with Crippen LogP contribution < -0.4 is 10.1 Å². The molecule has 28 heavy (non-hydrogen) atoms. The zero-order valence-corrected chi connectivity index (χ0v) is 18.7. The number of nitrogens with one attached hydrogen (secondary N) is 1. The molecule has 9 heteroatoms. The van der Waals surface area contributed by atoms with Crippen LogP contribution in [0.15, 0.2) is 39.1 Å². The molecular weight excluding hydrogens is 444 g/mol. The molecule has 0 radical (unpaired) electrons. The van der Waals surface area contributed by atoms with Crippen LogP contribution in [0.25, 0.3) is 0 Å². The lowest BCUT2D eigenvalue weighted by molar-refractivity contribution is -0.136. The van der Waals surface area contributed by atoms with Crippen LogP contribution in [0.1, 0.15) is 38.8 Å². The van der Waals surface area contributed by atoms with Gasteiger partial charge in [-0.2, -0.15) is 4.98 Å². The van der Waals surface area contributed by atoms with Crippen molar-refractivity contribution in [1.29, 1.82) is 0 Å². The summed E-state index contributed by atoms with van der Waals surface area (Å²) in [5.41, 5.74) is 1.99. The number of ether oxygens (including phenoxy) is 2. The number of nitrogens with zero attached hydrogens (tertiary/aromatic N) is 3. The first-order valence-electron chi connectivity index (χ1n) is 9.07. The van der Waals surface area contributed by atoms with Gasteiger partial charge in [0.15, 0.2) is 0 Å². The number of hydrogen-bond acceptors (Lipinski definition) is 7. The van der Waals surface area contributed by atoms with Gasteiger partial charge in [-0.05, 0) is 37.3 Å². The SMILES string of the molecule is CCCOc1ccc(Br)cc1C1C(C(=O)OC)=C(C)Nc2nc(SCC)nn21. The van der Waals surface area contributed by atoms with Crippen LogP contribution in [0.2, 0.25) is 0 Å².